The van der Waals surface area contributed by atoms with E-state index in [1.54, 1.807) is 6.07 Å². The van der Waals surface area contributed by atoms with Crippen molar-refractivity contribution in [3.8, 4) is 0 Å². The molecule has 1 aromatic carbocycles. The molecule has 1 saturated carbocycles. The van der Waals surface area contributed by atoms with Crippen molar-refractivity contribution in [3.63, 3.8) is 0 Å². The van der Waals surface area contributed by atoms with Gasteiger partial charge in [-0.25, -0.2) is 4.39 Å². The minimum absolute atomic E-state index is 0.242. The fraction of sp³-hybridized carbons (Fsp3) is 0.538. The van der Waals surface area contributed by atoms with Gasteiger partial charge in [-0.1, -0.05) is 30.5 Å². The maximum absolute atomic E-state index is 12.9. The van der Waals surface area contributed by atoms with E-state index in [4.69, 9.17) is 17.3 Å². The molecule has 0 unspecified atom stereocenters. The number of benzene rings is 1. The fourth-order valence-corrected chi connectivity index (χ4v) is 2.84. The summed E-state index contributed by atoms with van der Waals surface area (Å²) in [7, 11) is 0. The van der Waals surface area contributed by atoms with Gasteiger partial charge in [0, 0.05) is 5.02 Å². The summed E-state index contributed by atoms with van der Waals surface area (Å²) in [5.74, 6) is -0.146. The van der Waals surface area contributed by atoms with E-state index in [2.05, 4.69) is 0 Å². The van der Waals surface area contributed by atoms with Crippen LogP contribution in [0.4, 0.5) is 4.39 Å². The van der Waals surface area contributed by atoms with Crippen LogP contribution in [-0.2, 0) is 0 Å². The molecule has 0 bridgehead atoms. The van der Waals surface area contributed by atoms with Gasteiger partial charge in [0.25, 0.3) is 0 Å². The number of aliphatic hydroxyl groups excluding tert-OH is 1. The highest BCUT2D eigenvalue weighted by Crippen LogP contribution is 2.34. The van der Waals surface area contributed by atoms with Crippen molar-refractivity contribution < 1.29 is 9.50 Å². The second kappa shape index (κ2) is 5.34. The molecule has 17 heavy (non-hydrogen) atoms. The van der Waals surface area contributed by atoms with E-state index in [1.807, 2.05) is 0 Å². The summed E-state index contributed by atoms with van der Waals surface area (Å²) >= 11 is 5.94. The Kier molecular flexibility index (Phi) is 4.02. The van der Waals surface area contributed by atoms with E-state index < -0.39 is 12.1 Å². The Morgan fingerprint density at radius 2 is 2.00 bits per heavy atom. The number of halogens is 2. The number of rotatable bonds is 3. The summed E-state index contributed by atoms with van der Waals surface area (Å²) in [4.78, 5) is 0. The summed E-state index contributed by atoms with van der Waals surface area (Å²) in [5, 5.41) is 10.5. The third-order valence-corrected chi connectivity index (χ3v) is 3.90. The van der Waals surface area contributed by atoms with E-state index in [1.165, 1.54) is 12.1 Å². The molecular formula is C13H17ClFNO. The molecule has 94 valence electrons. The predicted octanol–water partition coefficient (Wildman–Crippen LogP) is 3.03. The Labute approximate surface area is 106 Å². The van der Waals surface area contributed by atoms with Crippen LogP contribution in [0.15, 0.2) is 18.2 Å². The third-order valence-electron chi connectivity index (χ3n) is 3.57. The second-order valence-corrected chi connectivity index (χ2v) is 5.13. The smallest absolute Gasteiger partial charge is 0.124 e. The minimum Gasteiger partial charge on any atom is -0.391 e. The Morgan fingerprint density at radius 1 is 1.35 bits per heavy atom. The van der Waals surface area contributed by atoms with Gasteiger partial charge in [0.1, 0.15) is 5.82 Å². The normalized spacial score (nSPS) is 20.5. The Bertz CT molecular complexity index is 393. The van der Waals surface area contributed by atoms with Crippen LogP contribution in [0.25, 0.3) is 0 Å². The zero-order chi connectivity index (χ0) is 12.4. The lowest BCUT2D eigenvalue weighted by molar-refractivity contribution is 0.0845. The predicted molar refractivity (Wildman–Crippen MR) is 66.3 cm³/mol. The lowest BCUT2D eigenvalue weighted by atomic mass is 9.91. The monoisotopic (exact) mass is 257 g/mol. The molecule has 1 aliphatic rings. The minimum atomic E-state index is -0.597. The standard InChI is InChI=1S/C13H17ClFNO/c14-11-7-9(15)5-6-10(11)12(16)13(17)8-3-1-2-4-8/h5-8,12-13,17H,1-4,16H2/t12-,13+/m1/s1. The Hall–Kier alpha value is -0.640. The van der Waals surface area contributed by atoms with Crippen molar-refractivity contribution in [2.45, 2.75) is 37.8 Å². The lowest BCUT2D eigenvalue weighted by Gasteiger charge is -2.25. The summed E-state index contributed by atoms with van der Waals surface area (Å²) in [6.45, 7) is 0. The number of aliphatic hydroxyl groups is 1. The van der Waals surface area contributed by atoms with Crippen LogP contribution in [0.3, 0.4) is 0 Å². The summed E-state index contributed by atoms with van der Waals surface area (Å²) in [5.41, 5.74) is 6.63. The first-order chi connectivity index (χ1) is 8.09. The van der Waals surface area contributed by atoms with Crippen LogP contribution in [0.5, 0.6) is 0 Å². The molecule has 1 aliphatic carbocycles. The van der Waals surface area contributed by atoms with Gasteiger partial charge in [0.15, 0.2) is 0 Å². The van der Waals surface area contributed by atoms with Crippen LogP contribution in [-0.4, -0.2) is 11.2 Å². The van der Waals surface area contributed by atoms with Crippen molar-refractivity contribution >= 4 is 11.6 Å². The molecule has 0 amide bonds. The zero-order valence-corrected chi connectivity index (χ0v) is 10.3. The first kappa shape index (κ1) is 12.8. The number of hydrogen-bond donors (Lipinski definition) is 2. The van der Waals surface area contributed by atoms with Gasteiger partial charge in [0.05, 0.1) is 12.1 Å². The molecule has 0 aromatic heterocycles. The maximum Gasteiger partial charge on any atom is 0.124 e. The van der Waals surface area contributed by atoms with Crippen LogP contribution < -0.4 is 5.73 Å². The quantitative estimate of drug-likeness (QED) is 0.874. The highest BCUT2D eigenvalue weighted by atomic mass is 35.5. The fourth-order valence-electron chi connectivity index (χ4n) is 2.55. The second-order valence-electron chi connectivity index (χ2n) is 4.73. The largest absolute Gasteiger partial charge is 0.391 e. The van der Waals surface area contributed by atoms with E-state index >= 15 is 0 Å². The molecule has 0 aliphatic heterocycles. The van der Waals surface area contributed by atoms with Crippen LogP contribution in [0, 0.1) is 11.7 Å². The SMILES string of the molecule is N[C@H](c1ccc(F)cc1Cl)[C@@H](O)C1CCCC1. The van der Waals surface area contributed by atoms with Crippen LogP contribution >= 0.6 is 11.6 Å². The first-order valence-corrected chi connectivity index (χ1v) is 6.36. The van der Waals surface area contributed by atoms with Gasteiger partial charge in [-0.15, -0.1) is 0 Å². The molecule has 4 heteroatoms. The molecular weight excluding hydrogens is 241 g/mol. The molecule has 0 saturated heterocycles. The van der Waals surface area contributed by atoms with Gasteiger partial charge < -0.3 is 10.8 Å². The molecule has 2 nitrogen and oxygen atoms in total. The lowest BCUT2D eigenvalue weighted by Crippen LogP contribution is -2.32. The topological polar surface area (TPSA) is 46.2 Å². The van der Waals surface area contributed by atoms with E-state index in [9.17, 15) is 9.50 Å². The van der Waals surface area contributed by atoms with E-state index in [0.717, 1.165) is 25.7 Å². The zero-order valence-electron chi connectivity index (χ0n) is 9.57. The van der Waals surface area contributed by atoms with Crippen molar-refractivity contribution in [2.75, 3.05) is 0 Å². The molecule has 0 radical (unpaired) electrons. The Morgan fingerprint density at radius 3 is 2.59 bits per heavy atom. The molecule has 2 rings (SSSR count). The van der Waals surface area contributed by atoms with E-state index in [-0.39, 0.29) is 16.8 Å². The molecule has 0 heterocycles. The molecule has 1 fully saturated rings. The third kappa shape index (κ3) is 2.79. The van der Waals surface area contributed by atoms with Crippen molar-refractivity contribution in [3.05, 3.63) is 34.6 Å². The van der Waals surface area contributed by atoms with Crippen LogP contribution in [0.2, 0.25) is 5.02 Å². The van der Waals surface area contributed by atoms with Gasteiger partial charge in [0.2, 0.25) is 0 Å². The molecule has 0 spiro atoms. The summed E-state index contributed by atoms with van der Waals surface area (Å²) < 4.78 is 12.9. The average Bonchev–Trinajstić information content (AvgIpc) is 2.80. The molecule has 1 aromatic rings. The summed E-state index contributed by atoms with van der Waals surface area (Å²) in [6, 6.07) is 3.58. The number of nitrogens with two attached hydrogens (primary N) is 1. The van der Waals surface area contributed by atoms with Crippen molar-refractivity contribution in [1.82, 2.24) is 0 Å². The van der Waals surface area contributed by atoms with Gasteiger partial charge in [-0.3, -0.25) is 0 Å². The molecule has 3 N–H and O–H groups in total. The van der Waals surface area contributed by atoms with Gasteiger partial charge in [-0.2, -0.15) is 0 Å². The average molecular weight is 258 g/mol. The van der Waals surface area contributed by atoms with Crippen molar-refractivity contribution in [2.24, 2.45) is 11.7 Å². The highest BCUT2D eigenvalue weighted by Gasteiger charge is 2.29. The van der Waals surface area contributed by atoms with Crippen LogP contribution in [0.1, 0.15) is 37.3 Å². The molecule has 2 atom stereocenters. The Balaban J connectivity index is 2.15. The first-order valence-electron chi connectivity index (χ1n) is 5.98. The van der Waals surface area contributed by atoms with Gasteiger partial charge >= 0.3 is 0 Å². The van der Waals surface area contributed by atoms with Crippen molar-refractivity contribution in [1.29, 1.82) is 0 Å². The number of hydrogen-bond acceptors (Lipinski definition) is 2. The highest BCUT2D eigenvalue weighted by molar-refractivity contribution is 6.31. The summed E-state index contributed by atoms with van der Waals surface area (Å²) in [6.07, 6.45) is 3.71. The van der Waals surface area contributed by atoms with E-state index in [0.29, 0.717) is 5.56 Å². The van der Waals surface area contributed by atoms with Gasteiger partial charge in [-0.05, 0) is 36.5 Å². The maximum atomic E-state index is 12.9.